The monoisotopic (exact) mass is 442 g/mol. The van der Waals surface area contributed by atoms with Gasteiger partial charge in [-0.3, -0.25) is 14.4 Å². The SMILES string of the molecule is CCOC(=O)CNC(=O)CSc1ccc2nnc(CCNC(=O)c3ccccc3)n2n1. The van der Waals surface area contributed by atoms with Crippen LogP contribution in [0.2, 0.25) is 0 Å². The van der Waals surface area contributed by atoms with E-state index in [1.54, 1.807) is 47.8 Å². The highest BCUT2D eigenvalue weighted by Gasteiger charge is 2.11. The molecular weight excluding hydrogens is 420 g/mol. The maximum absolute atomic E-state index is 12.1. The Morgan fingerprint density at radius 1 is 1.06 bits per heavy atom. The molecule has 0 saturated heterocycles. The zero-order valence-corrected chi connectivity index (χ0v) is 17.7. The largest absolute Gasteiger partial charge is 0.465 e. The van der Waals surface area contributed by atoms with Gasteiger partial charge in [0.2, 0.25) is 5.91 Å². The number of thioether (sulfide) groups is 1. The number of esters is 1. The summed E-state index contributed by atoms with van der Waals surface area (Å²) in [4.78, 5) is 35.3. The van der Waals surface area contributed by atoms with Crippen LogP contribution in [-0.4, -0.2) is 63.0 Å². The van der Waals surface area contributed by atoms with Gasteiger partial charge in [0.05, 0.1) is 12.4 Å². The fourth-order valence-corrected chi connectivity index (χ4v) is 3.29. The van der Waals surface area contributed by atoms with E-state index in [0.717, 1.165) is 0 Å². The molecule has 2 amide bonds. The van der Waals surface area contributed by atoms with Gasteiger partial charge in [0.25, 0.3) is 5.91 Å². The van der Waals surface area contributed by atoms with E-state index in [-0.39, 0.29) is 30.7 Å². The van der Waals surface area contributed by atoms with E-state index in [1.165, 1.54) is 11.8 Å². The summed E-state index contributed by atoms with van der Waals surface area (Å²) in [7, 11) is 0. The lowest BCUT2D eigenvalue weighted by Gasteiger charge is -2.06. The van der Waals surface area contributed by atoms with Crippen molar-refractivity contribution in [3.05, 3.63) is 53.9 Å². The van der Waals surface area contributed by atoms with E-state index in [9.17, 15) is 14.4 Å². The molecule has 1 aromatic carbocycles. The molecule has 0 radical (unpaired) electrons. The Balaban J connectivity index is 1.52. The maximum Gasteiger partial charge on any atom is 0.325 e. The van der Waals surface area contributed by atoms with E-state index in [4.69, 9.17) is 4.74 Å². The summed E-state index contributed by atoms with van der Waals surface area (Å²) >= 11 is 1.23. The normalized spacial score (nSPS) is 10.6. The Morgan fingerprint density at radius 3 is 2.65 bits per heavy atom. The first-order valence-corrected chi connectivity index (χ1v) is 10.6. The Labute approximate surface area is 182 Å². The van der Waals surface area contributed by atoms with Crippen LogP contribution in [0, 0.1) is 0 Å². The highest BCUT2D eigenvalue weighted by atomic mass is 32.2. The summed E-state index contributed by atoms with van der Waals surface area (Å²) in [6.07, 6.45) is 0.445. The standard InChI is InChI=1S/C20H22N6O4S/c1-2-30-19(28)12-22-17(27)13-31-18-9-8-15-23-24-16(26(15)25-18)10-11-21-20(29)14-6-4-3-5-7-14/h3-9H,2,10-13H2,1H3,(H,21,29)(H,22,27). The van der Waals surface area contributed by atoms with Gasteiger partial charge in [-0.15, -0.1) is 10.2 Å². The summed E-state index contributed by atoms with van der Waals surface area (Å²) in [5, 5.41) is 18.6. The molecule has 10 nitrogen and oxygen atoms in total. The second kappa shape index (κ2) is 11.1. The minimum absolute atomic E-state index is 0.0997. The van der Waals surface area contributed by atoms with E-state index in [1.807, 2.05) is 6.07 Å². The van der Waals surface area contributed by atoms with E-state index in [2.05, 4.69) is 25.9 Å². The predicted octanol–water partition coefficient (Wildman–Crippen LogP) is 0.868. The zero-order valence-electron chi connectivity index (χ0n) is 16.9. The fraction of sp³-hybridized carbons (Fsp3) is 0.300. The van der Waals surface area contributed by atoms with Crippen molar-refractivity contribution in [2.45, 2.75) is 18.4 Å². The molecule has 3 aromatic rings. The van der Waals surface area contributed by atoms with Crippen LogP contribution in [0.15, 0.2) is 47.5 Å². The van der Waals surface area contributed by atoms with Crippen LogP contribution < -0.4 is 10.6 Å². The van der Waals surface area contributed by atoms with E-state index < -0.39 is 5.97 Å². The quantitative estimate of drug-likeness (QED) is 0.350. The van der Waals surface area contributed by atoms with Crippen molar-refractivity contribution < 1.29 is 19.1 Å². The van der Waals surface area contributed by atoms with E-state index in [0.29, 0.717) is 35.0 Å². The third-order valence-electron chi connectivity index (χ3n) is 4.06. The zero-order chi connectivity index (χ0) is 22.1. The van der Waals surface area contributed by atoms with Crippen LogP contribution in [-0.2, 0) is 20.7 Å². The number of nitrogens with one attached hydrogen (secondary N) is 2. The lowest BCUT2D eigenvalue weighted by molar-refractivity contribution is -0.143. The number of aromatic nitrogens is 4. The minimum Gasteiger partial charge on any atom is -0.465 e. The predicted molar refractivity (Wildman–Crippen MR) is 114 cm³/mol. The molecule has 2 heterocycles. The van der Waals surface area contributed by atoms with Crippen molar-refractivity contribution in [1.29, 1.82) is 0 Å². The van der Waals surface area contributed by atoms with Gasteiger partial charge in [-0.2, -0.15) is 9.61 Å². The van der Waals surface area contributed by atoms with Crippen molar-refractivity contribution in [3.8, 4) is 0 Å². The van der Waals surface area contributed by atoms with Crippen LogP contribution in [0.3, 0.4) is 0 Å². The van der Waals surface area contributed by atoms with Crippen LogP contribution in [0.25, 0.3) is 5.65 Å². The van der Waals surface area contributed by atoms with Gasteiger partial charge in [0, 0.05) is 18.5 Å². The molecule has 162 valence electrons. The Kier molecular flexibility index (Phi) is 7.93. The summed E-state index contributed by atoms with van der Waals surface area (Å²) < 4.78 is 6.35. The number of carbonyl (C=O) groups is 3. The lowest BCUT2D eigenvalue weighted by Crippen LogP contribution is -2.31. The molecule has 0 bridgehead atoms. The molecule has 2 N–H and O–H groups in total. The van der Waals surface area contributed by atoms with Gasteiger partial charge in [-0.25, -0.2) is 0 Å². The summed E-state index contributed by atoms with van der Waals surface area (Å²) in [6.45, 7) is 2.19. The lowest BCUT2D eigenvalue weighted by atomic mass is 10.2. The molecule has 31 heavy (non-hydrogen) atoms. The Morgan fingerprint density at radius 2 is 1.87 bits per heavy atom. The highest BCUT2D eigenvalue weighted by molar-refractivity contribution is 7.99. The average Bonchev–Trinajstić information content (AvgIpc) is 3.19. The minimum atomic E-state index is -0.478. The number of ether oxygens (including phenoxy) is 1. The summed E-state index contributed by atoms with van der Waals surface area (Å²) in [5.74, 6) is -0.242. The maximum atomic E-state index is 12.1. The van der Waals surface area contributed by atoms with Crippen LogP contribution in [0.4, 0.5) is 0 Å². The number of nitrogens with zero attached hydrogens (tertiary/aromatic N) is 4. The molecule has 0 atom stereocenters. The first kappa shape index (κ1) is 22.2. The number of rotatable bonds is 10. The van der Waals surface area contributed by atoms with Crippen molar-refractivity contribution in [2.24, 2.45) is 0 Å². The van der Waals surface area contributed by atoms with Gasteiger partial charge in [0.1, 0.15) is 11.6 Å². The topological polar surface area (TPSA) is 128 Å². The number of carbonyl (C=O) groups excluding carboxylic acids is 3. The van der Waals surface area contributed by atoms with Crippen LogP contribution in [0.5, 0.6) is 0 Å². The molecule has 0 fully saturated rings. The molecule has 11 heteroatoms. The summed E-state index contributed by atoms with van der Waals surface area (Å²) in [6, 6.07) is 12.5. The van der Waals surface area contributed by atoms with Gasteiger partial charge in [-0.1, -0.05) is 30.0 Å². The molecule has 0 unspecified atom stereocenters. The smallest absolute Gasteiger partial charge is 0.325 e. The average molecular weight is 443 g/mol. The molecular formula is C20H22N6O4S. The highest BCUT2D eigenvalue weighted by Crippen LogP contribution is 2.15. The van der Waals surface area contributed by atoms with Gasteiger partial charge < -0.3 is 15.4 Å². The number of hydrogen-bond donors (Lipinski definition) is 2. The fourth-order valence-electron chi connectivity index (χ4n) is 2.60. The van der Waals surface area contributed by atoms with E-state index >= 15 is 0 Å². The van der Waals surface area contributed by atoms with Crippen LogP contribution >= 0.6 is 11.8 Å². The van der Waals surface area contributed by atoms with Gasteiger partial charge in [0.15, 0.2) is 11.5 Å². The number of hydrogen-bond acceptors (Lipinski definition) is 8. The second-order valence-corrected chi connectivity index (χ2v) is 7.30. The molecule has 2 aromatic heterocycles. The molecule has 0 spiro atoms. The van der Waals surface area contributed by atoms with Gasteiger partial charge >= 0.3 is 5.97 Å². The van der Waals surface area contributed by atoms with Crippen molar-refractivity contribution in [1.82, 2.24) is 30.4 Å². The van der Waals surface area contributed by atoms with Crippen molar-refractivity contribution in [2.75, 3.05) is 25.4 Å². The van der Waals surface area contributed by atoms with Crippen molar-refractivity contribution >= 4 is 35.2 Å². The first-order chi connectivity index (χ1) is 15.1. The van der Waals surface area contributed by atoms with Gasteiger partial charge in [-0.05, 0) is 31.2 Å². The summed E-state index contributed by atoms with van der Waals surface area (Å²) in [5.41, 5.74) is 1.16. The number of amides is 2. The number of fused-ring (bicyclic) bond motifs is 1. The third kappa shape index (κ3) is 6.51. The van der Waals surface area contributed by atoms with Crippen LogP contribution in [0.1, 0.15) is 23.1 Å². The molecule has 0 aliphatic rings. The Bertz CT molecular complexity index is 1060. The number of benzene rings is 1. The molecule has 0 aliphatic heterocycles. The first-order valence-electron chi connectivity index (χ1n) is 9.66. The molecule has 0 saturated carbocycles. The molecule has 3 rings (SSSR count). The van der Waals surface area contributed by atoms with Crippen molar-refractivity contribution in [3.63, 3.8) is 0 Å². The Hall–Kier alpha value is -3.47. The molecule has 0 aliphatic carbocycles. The second-order valence-electron chi connectivity index (χ2n) is 6.30. The third-order valence-corrected chi connectivity index (χ3v) is 4.98.